The van der Waals surface area contributed by atoms with Crippen LogP contribution in [-0.4, -0.2) is 37.8 Å². The lowest BCUT2D eigenvalue weighted by Gasteiger charge is -2.32. The number of ether oxygens (including phenoxy) is 1. The van der Waals surface area contributed by atoms with Gasteiger partial charge in [-0.2, -0.15) is 4.31 Å². The Morgan fingerprint density at radius 2 is 1.83 bits per heavy atom. The second-order valence-corrected chi connectivity index (χ2v) is 9.58. The van der Waals surface area contributed by atoms with Gasteiger partial charge in [-0.3, -0.25) is 4.79 Å². The first-order valence-corrected chi connectivity index (χ1v) is 11.6. The zero-order valence-corrected chi connectivity index (χ0v) is 17.3. The van der Waals surface area contributed by atoms with Crippen molar-refractivity contribution in [1.29, 1.82) is 0 Å². The highest BCUT2D eigenvalue weighted by Gasteiger charge is 2.31. The van der Waals surface area contributed by atoms with E-state index < -0.39 is 10.0 Å². The number of hydrogen-bond donors (Lipinski definition) is 1. The summed E-state index contributed by atoms with van der Waals surface area (Å²) in [5.74, 6) is 0.572. The average Bonchev–Trinajstić information content (AvgIpc) is 2.74. The molecular formula is C22H26N2O4S. The summed E-state index contributed by atoms with van der Waals surface area (Å²) in [5, 5.41) is 3.04. The highest BCUT2D eigenvalue weighted by atomic mass is 32.2. The lowest BCUT2D eigenvalue weighted by Crippen LogP contribution is -2.41. The molecule has 154 valence electrons. The van der Waals surface area contributed by atoms with Crippen LogP contribution in [0.1, 0.15) is 54.6 Å². The number of hydrogen-bond acceptors (Lipinski definition) is 4. The highest BCUT2D eigenvalue weighted by molar-refractivity contribution is 7.89. The number of piperidine rings is 1. The van der Waals surface area contributed by atoms with Crippen LogP contribution in [0.4, 0.5) is 0 Å². The van der Waals surface area contributed by atoms with Crippen LogP contribution in [-0.2, 0) is 10.0 Å². The molecule has 2 aromatic carbocycles. The smallest absolute Gasteiger partial charge is 0.251 e. The monoisotopic (exact) mass is 414 g/mol. The number of sulfonamides is 1. The van der Waals surface area contributed by atoms with Gasteiger partial charge in [0, 0.05) is 30.1 Å². The Labute approximate surface area is 171 Å². The quantitative estimate of drug-likeness (QED) is 0.831. The van der Waals surface area contributed by atoms with Crippen LogP contribution in [0.5, 0.6) is 5.75 Å². The molecule has 1 saturated heterocycles. The van der Waals surface area contributed by atoms with Gasteiger partial charge in [0.15, 0.2) is 0 Å². The molecule has 2 aliphatic rings. The molecule has 6 nitrogen and oxygen atoms in total. The summed E-state index contributed by atoms with van der Waals surface area (Å²) in [5.41, 5.74) is 1.41. The third-order valence-corrected chi connectivity index (χ3v) is 7.76. The molecule has 0 spiro atoms. The fourth-order valence-electron chi connectivity index (χ4n) is 4.08. The molecule has 2 aliphatic heterocycles. The van der Waals surface area contributed by atoms with Crippen molar-refractivity contribution in [2.75, 3.05) is 13.2 Å². The number of fused-ring (bicyclic) bond motifs is 1. The molecular weight excluding hydrogens is 388 g/mol. The lowest BCUT2D eigenvalue weighted by molar-refractivity contribution is 0.0924. The number of carbonyl (C=O) groups excluding carboxylic acids is 1. The Kier molecular flexibility index (Phi) is 5.61. The van der Waals surface area contributed by atoms with Gasteiger partial charge in [0.2, 0.25) is 10.0 Å². The van der Waals surface area contributed by atoms with E-state index in [2.05, 4.69) is 5.32 Å². The molecule has 4 rings (SSSR count). The summed E-state index contributed by atoms with van der Waals surface area (Å²) in [6, 6.07) is 13.8. The Balaban J connectivity index is 1.49. The van der Waals surface area contributed by atoms with Gasteiger partial charge in [0.25, 0.3) is 5.91 Å². The Morgan fingerprint density at radius 1 is 1.07 bits per heavy atom. The molecule has 2 heterocycles. The number of amides is 1. The molecule has 1 fully saturated rings. The van der Waals surface area contributed by atoms with E-state index in [-0.39, 0.29) is 22.9 Å². The zero-order valence-electron chi connectivity index (χ0n) is 16.5. The maximum absolute atomic E-state index is 12.9. The topological polar surface area (TPSA) is 75.7 Å². The van der Waals surface area contributed by atoms with Gasteiger partial charge in [0.05, 0.1) is 17.5 Å². The Bertz CT molecular complexity index is 988. The predicted molar refractivity (Wildman–Crippen MR) is 110 cm³/mol. The molecule has 0 saturated carbocycles. The van der Waals surface area contributed by atoms with E-state index in [0.717, 1.165) is 30.6 Å². The SMILES string of the molecule is C[C@H]1CCCCN1S(=O)(=O)c1ccc(C(=O)N[C@@H]2CCOc3ccccc32)cc1. The lowest BCUT2D eigenvalue weighted by atomic mass is 10.00. The van der Waals surface area contributed by atoms with E-state index in [0.29, 0.717) is 25.1 Å². The summed E-state index contributed by atoms with van der Waals surface area (Å²) in [4.78, 5) is 13.0. The van der Waals surface area contributed by atoms with Crippen LogP contribution >= 0.6 is 0 Å². The minimum Gasteiger partial charge on any atom is -0.493 e. The number of para-hydroxylation sites is 1. The molecule has 0 bridgehead atoms. The first kappa shape index (κ1) is 19.9. The molecule has 0 aliphatic carbocycles. The van der Waals surface area contributed by atoms with E-state index in [9.17, 15) is 13.2 Å². The van der Waals surface area contributed by atoms with E-state index in [4.69, 9.17) is 4.74 Å². The first-order chi connectivity index (χ1) is 14.0. The van der Waals surface area contributed by atoms with E-state index in [1.807, 2.05) is 31.2 Å². The van der Waals surface area contributed by atoms with Crippen LogP contribution in [0.2, 0.25) is 0 Å². The van der Waals surface area contributed by atoms with Gasteiger partial charge >= 0.3 is 0 Å². The van der Waals surface area contributed by atoms with Gasteiger partial charge in [-0.05, 0) is 50.1 Å². The van der Waals surface area contributed by atoms with Gasteiger partial charge < -0.3 is 10.1 Å². The van der Waals surface area contributed by atoms with Crippen molar-refractivity contribution in [2.45, 2.75) is 49.6 Å². The number of nitrogens with zero attached hydrogens (tertiary/aromatic N) is 1. The van der Waals surface area contributed by atoms with Crippen molar-refractivity contribution in [3.8, 4) is 5.75 Å². The molecule has 7 heteroatoms. The van der Waals surface area contributed by atoms with Crippen molar-refractivity contribution >= 4 is 15.9 Å². The molecule has 1 amide bonds. The van der Waals surface area contributed by atoms with Crippen molar-refractivity contribution in [2.24, 2.45) is 0 Å². The number of carbonyl (C=O) groups is 1. The fraction of sp³-hybridized carbons (Fsp3) is 0.409. The van der Waals surface area contributed by atoms with Crippen LogP contribution in [0.3, 0.4) is 0 Å². The van der Waals surface area contributed by atoms with Gasteiger partial charge in [-0.15, -0.1) is 0 Å². The summed E-state index contributed by atoms with van der Waals surface area (Å²) in [7, 11) is -3.54. The zero-order chi connectivity index (χ0) is 20.4. The number of nitrogens with one attached hydrogen (secondary N) is 1. The summed E-state index contributed by atoms with van der Waals surface area (Å²) < 4.78 is 33.1. The minimum atomic E-state index is -3.54. The van der Waals surface area contributed by atoms with Crippen LogP contribution < -0.4 is 10.1 Å². The third kappa shape index (κ3) is 4.02. The second kappa shape index (κ2) is 8.16. The van der Waals surface area contributed by atoms with Crippen LogP contribution in [0.25, 0.3) is 0 Å². The van der Waals surface area contributed by atoms with Gasteiger partial charge in [-0.25, -0.2) is 8.42 Å². The van der Waals surface area contributed by atoms with Gasteiger partial charge in [-0.1, -0.05) is 24.6 Å². The van der Waals surface area contributed by atoms with E-state index >= 15 is 0 Å². The molecule has 2 aromatic rings. The first-order valence-electron chi connectivity index (χ1n) is 10.1. The minimum absolute atomic E-state index is 0.00492. The molecule has 2 atom stereocenters. The second-order valence-electron chi connectivity index (χ2n) is 7.69. The summed E-state index contributed by atoms with van der Waals surface area (Å²) in [6.07, 6.45) is 3.52. The normalized spacial score (nSPS) is 22.4. The van der Waals surface area contributed by atoms with Crippen molar-refractivity contribution in [1.82, 2.24) is 9.62 Å². The van der Waals surface area contributed by atoms with Crippen molar-refractivity contribution in [3.63, 3.8) is 0 Å². The Hall–Kier alpha value is -2.38. The van der Waals surface area contributed by atoms with Gasteiger partial charge in [0.1, 0.15) is 5.75 Å². The fourth-order valence-corrected chi connectivity index (χ4v) is 5.78. The van der Waals surface area contributed by atoms with Crippen LogP contribution in [0.15, 0.2) is 53.4 Å². The summed E-state index contributed by atoms with van der Waals surface area (Å²) >= 11 is 0. The average molecular weight is 415 g/mol. The van der Waals surface area contributed by atoms with Crippen molar-refractivity contribution < 1.29 is 17.9 Å². The highest BCUT2D eigenvalue weighted by Crippen LogP contribution is 2.32. The van der Waals surface area contributed by atoms with Crippen LogP contribution in [0, 0.1) is 0 Å². The number of rotatable bonds is 4. The number of benzene rings is 2. The van der Waals surface area contributed by atoms with E-state index in [1.54, 1.807) is 16.4 Å². The van der Waals surface area contributed by atoms with E-state index in [1.165, 1.54) is 12.1 Å². The van der Waals surface area contributed by atoms with Crippen molar-refractivity contribution in [3.05, 3.63) is 59.7 Å². The Morgan fingerprint density at radius 3 is 2.59 bits per heavy atom. The standard InChI is InChI=1S/C22H26N2O4S/c1-16-6-4-5-14-24(16)29(26,27)18-11-9-17(10-12-18)22(25)23-20-13-15-28-21-8-3-2-7-19(20)21/h2-3,7-12,16,20H,4-6,13-15H2,1H3,(H,23,25)/t16-,20+/m0/s1. The molecule has 0 radical (unpaired) electrons. The maximum atomic E-state index is 12.9. The molecule has 0 unspecified atom stereocenters. The molecule has 29 heavy (non-hydrogen) atoms. The largest absolute Gasteiger partial charge is 0.493 e. The summed E-state index contributed by atoms with van der Waals surface area (Å²) in [6.45, 7) is 3.05. The molecule has 1 N–H and O–H groups in total. The molecule has 0 aromatic heterocycles. The maximum Gasteiger partial charge on any atom is 0.251 e. The third-order valence-electron chi connectivity index (χ3n) is 5.73. The predicted octanol–water partition coefficient (Wildman–Crippen LogP) is 3.50.